The third kappa shape index (κ3) is 3.85. The van der Waals surface area contributed by atoms with Gasteiger partial charge in [-0.05, 0) is 56.0 Å². The van der Waals surface area contributed by atoms with Gasteiger partial charge in [0.25, 0.3) is 5.91 Å². The molecule has 0 bridgehead atoms. The van der Waals surface area contributed by atoms with Gasteiger partial charge in [0.1, 0.15) is 0 Å². The number of nitrogens with one attached hydrogen (secondary N) is 1. The molecular weight excluding hydrogens is 346 g/mol. The number of hydrogen-bond acceptors (Lipinski definition) is 4. The Hall–Kier alpha value is -2.47. The third-order valence-corrected chi connectivity index (χ3v) is 5.71. The second kappa shape index (κ2) is 7.03. The van der Waals surface area contributed by atoms with Crippen LogP contribution in [0.1, 0.15) is 42.3 Å². The minimum Gasteiger partial charge on any atom is -0.326 e. The molecule has 2 saturated carbocycles. The van der Waals surface area contributed by atoms with Crippen molar-refractivity contribution in [2.24, 2.45) is 5.92 Å². The molecule has 1 aromatic carbocycles. The van der Waals surface area contributed by atoms with Crippen LogP contribution in [0.3, 0.4) is 0 Å². The largest absolute Gasteiger partial charge is 0.326 e. The summed E-state index contributed by atoms with van der Waals surface area (Å²) in [7, 11) is 0. The van der Waals surface area contributed by atoms with Crippen molar-refractivity contribution < 1.29 is 9.59 Å². The lowest BCUT2D eigenvalue weighted by molar-refractivity contribution is -0.117. The molecule has 2 fully saturated rings. The zero-order valence-corrected chi connectivity index (χ0v) is 15.3. The smallest absolute Gasteiger partial charge is 0.250 e. The van der Waals surface area contributed by atoms with Crippen molar-refractivity contribution in [1.29, 1.82) is 0 Å². The lowest BCUT2D eigenvalue weighted by atomic mass is 10.2. The van der Waals surface area contributed by atoms with E-state index in [2.05, 4.69) is 16.9 Å². The molecule has 26 heavy (non-hydrogen) atoms. The maximum atomic E-state index is 12.3. The van der Waals surface area contributed by atoms with Gasteiger partial charge in [-0.15, -0.1) is 11.3 Å². The van der Waals surface area contributed by atoms with Crippen LogP contribution in [0.4, 0.5) is 11.4 Å². The molecule has 6 heteroatoms. The normalized spacial score (nSPS) is 16.2. The number of carbonyl (C=O) groups is 2. The van der Waals surface area contributed by atoms with Crippen LogP contribution in [-0.2, 0) is 16.1 Å². The highest BCUT2D eigenvalue weighted by atomic mass is 32.1. The van der Waals surface area contributed by atoms with E-state index < -0.39 is 0 Å². The van der Waals surface area contributed by atoms with Crippen LogP contribution in [0.5, 0.6) is 0 Å². The van der Waals surface area contributed by atoms with Crippen LogP contribution in [0, 0.1) is 5.92 Å². The average molecular weight is 367 g/mol. The molecule has 1 aromatic heterocycles. The fraction of sp³-hybridized carbons (Fsp3) is 0.350. The summed E-state index contributed by atoms with van der Waals surface area (Å²) in [4.78, 5) is 30.5. The van der Waals surface area contributed by atoms with E-state index in [0.29, 0.717) is 12.5 Å². The third-order valence-electron chi connectivity index (χ3n) is 4.65. The molecule has 2 amide bonds. The second-order valence-electron chi connectivity index (χ2n) is 6.89. The van der Waals surface area contributed by atoms with Crippen molar-refractivity contribution in [3.8, 4) is 0 Å². The minimum absolute atomic E-state index is 0.0758. The van der Waals surface area contributed by atoms with Gasteiger partial charge in [0.05, 0.1) is 17.2 Å². The van der Waals surface area contributed by atoms with E-state index in [4.69, 9.17) is 0 Å². The highest BCUT2D eigenvalue weighted by molar-refractivity contribution is 7.09. The van der Waals surface area contributed by atoms with Crippen molar-refractivity contribution in [2.45, 2.75) is 38.1 Å². The number of amides is 2. The Kier molecular flexibility index (Phi) is 4.59. The Morgan fingerprint density at radius 2 is 1.96 bits per heavy atom. The van der Waals surface area contributed by atoms with Crippen LogP contribution < -0.4 is 10.2 Å². The van der Waals surface area contributed by atoms with Crippen LogP contribution in [0.25, 0.3) is 0 Å². The van der Waals surface area contributed by atoms with E-state index in [-0.39, 0.29) is 17.7 Å². The van der Waals surface area contributed by atoms with E-state index in [0.717, 1.165) is 29.9 Å². The number of rotatable bonds is 7. The van der Waals surface area contributed by atoms with Gasteiger partial charge in [-0.3, -0.25) is 9.59 Å². The van der Waals surface area contributed by atoms with Gasteiger partial charge in [-0.2, -0.15) is 0 Å². The fourth-order valence-electron chi connectivity index (χ4n) is 2.80. The molecule has 4 rings (SSSR count). The zero-order valence-electron chi connectivity index (χ0n) is 14.5. The predicted octanol–water partition coefficient (Wildman–Crippen LogP) is 4.09. The van der Waals surface area contributed by atoms with E-state index in [9.17, 15) is 9.59 Å². The molecule has 0 aliphatic heterocycles. The lowest BCUT2D eigenvalue weighted by Gasteiger charge is -2.20. The summed E-state index contributed by atoms with van der Waals surface area (Å²) < 4.78 is 0. The van der Waals surface area contributed by atoms with Crippen molar-refractivity contribution in [3.05, 3.63) is 53.0 Å². The number of hydrogen-bond donors (Lipinski definition) is 1. The van der Waals surface area contributed by atoms with Crippen LogP contribution >= 0.6 is 11.3 Å². The maximum Gasteiger partial charge on any atom is 0.250 e. The second-order valence-corrected chi connectivity index (χ2v) is 7.78. The topological polar surface area (TPSA) is 62.3 Å². The first-order valence-electron chi connectivity index (χ1n) is 8.93. The molecule has 0 atom stereocenters. The standard InChI is InChI=1S/C20H21N3O2S/c1-2-18(24)23(11-16-12-26-20(22-16)14-5-6-14)17-9-7-15(8-10-17)21-19(25)13-3-4-13/h2,7-10,12-14H,1,3-6,11H2,(H,21,25). The molecular formula is C20H21N3O2S. The molecule has 1 N–H and O–H groups in total. The molecule has 5 nitrogen and oxygen atoms in total. The van der Waals surface area contributed by atoms with Crippen LogP contribution in [0.2, 0.25) is 0 Å². The Balaban J connectivity index is 1.48. The Bertz CT molecular complexity index is 835. The number of nitrogens with zero attached hydrogens (tertiary/aromatic N) is 2. The summed E-state index contributed by atoms with van der Waals surface area (Å²) in [6, 6.07) is 7.35. The lowest BCUT2D eigenvalue weighted by Crippen LogP contribution is -2.28. The van der Waals surface area contributed by atoms with Gasteiger partial charge >= 0.3 is 0 Å². The molecule has 0 saturated heterocycles. The highest BCUT2D eigenvalue weighted by Crippen LogP contribution is 2.41. The van der Waals surface area contributed by atoms with E-state index in [1.54, 1.807) is 16.2 Å². The summed E-state index contributed by atoms with van der Waals surface area (Å²) in [5, 5.41) is 6.11. The van der Waals surface area contributed by atoms with Crippen molar-refractivity contribution in [1.82, 2.24) is 4.98 Å². The van der Waals surface area contributed by atoms with E-state index >= 15 is 0 Å². The fourth-order valence-corrected chi connectivity index (χ4v) is 3.78. The number of carbonyl (C=O) groups excluding carboxylic acids is 2. The summed E-state index contributed by atoms with van der Waals surface area (Å²) in [6.45, 7) is 4.03. The highest BCUT2D eigenvalue weighted by Gasteiger charge is 2.29. The van der Waals surface area contributed by atoms with Gasteiger partial charge < -0.3 is 10.2 Å². The maximum absolute atomic E-state index is 12.3. The summed E-state index contributed by atoms with van der Waals surface area (Å²) in [5.74, 6) is 0.693. The number of aromatic nitrogens is 1. The molecule has 2 aliphatic rings. The first-order chi connectivity index (χ1) is 12.6. The molecule has 2 aromatic rings. The number of anilines is 2. The predicted molar refractivity (Wildman–Crippen MR) is 103 cm³/mol. The molecule has 0 spiro atoms. The monoisotopic (exact) mass is 367 g/mol. The van der Waals surface area contributed by atoms with Gasteiger partial charge in [0.2, 0.25) is 5.91 Å². The van der Waals surface area contributed by atoms with Crippen molar-refractivity contribution in [3.63, 3.8) is 0 Å². The summed E-state index contributed by atoms with van der Waals surface area (Å²) >= 11 is 1.67. The summed E-state index contributed by atoms with van der Waals surface area (Å²) in [6.07, 6.45) is 5.70. The molecule has 2 aliphatic carbocycles. The Labute approximate surface area is 156 Å². The molecule has 0 unspecified atom stereocenters. The average Bonchev–Trinajstić information content (AvgIpc) is 3.58. The van der Waals surface area contributed by atoms with Gasteiger partial charge in [-0.1, -0.05) is 6.58 Å². The van der Waals surface area contributed by atoms with E-state index in [1.165, 1.54) is 23.9 Å². The Morgan fingerprint density at radius 1 is 1.23 bits per heavy atom. The number of thiazole rings is 1. The van der Waals surface area contributed by atoms with Gasteiger partial charge in [-0.25, -0.2) is 4.98 Å². The summed E-state index contributed by atoms with van der Waals surface area (Å²) in [5.41, 5.74) is 2.42. The quantitative estimate of drug-likeness (QED) is 0.750. The number of benzene rings is 1. The SMILES string of the molecule is C=CC(=O)N(Cc1csc(C2CC2)n1)c1ccc(NC(=O)C2CC2)cc1. The van der Waals surface area contributed by atoms with Crippen molar-refractivity contribution >= 4 is 34.5 Å². The van der Waals surface area contributed by atoms with E-state index in [1.807, 2.05) is 29.6 Å². The van der Waals surface area contributed by atoms with Gasteiger partial charge in [0, 0.05) is 28.6 Å². The van der Waals surface area contributed by atoms with Crippen LogP contribution in [0.15, 0.2) is 42.3 Å². The molecule has 0 radical (unpaired) electrons. The first-order valence-corrected chi connectivity index (χ1v) is 9.81. The first kappa shape index (κ1) is 17.0. The zero-order chi connectivity index (χ0) is 18.1. The molecule has 1 heterocycles. The van der Waals surface area contributed by atoms with Crippen molar-refractivity contribution in [2.75, 3.05) is 10.2 Å². The van der Waals surface area contributed by atoms with Crippen LogP contribution in [-0.4, -0.2) is 16.8 Å². The van der Waals surface area contributed by atoms with Gasteiger partial charge in [0.15, 0.2) is 0 Å². The minimum atomic E-state index is -0.166. The Morgan fingerprint density at radius 3 is 2.58 bits per heavy atom. The molecule has 134 valence electrons.